The van der Waals surface area contributed by atoms with Crippen LogP contribution in [0.3, 0.4) is 0 Å². The lowest BCUT2D eigenvalue weighted by molar-refractivity contribution is 0.0971. The summed E-state index contributed by atoms with van der Waals surface area (Å²) in [6.07, 6.45) is 4.10. The van der Waals surface area contributed by atoms with Crippen molar-refractivity contribution in [2.24, 2.45) is 0 Å². The van der Waals surface area contributed by atoms with Crippen molar-refractivity contribution in [3.8, 4) is 5.75 Å². The molecule has 0 bridgehead atoms. The first-order valence-corrected chi connectivity index (χ1v) is 8.26. The van der Waals surface area contributed by atoms with Gasteiger partial charge in [0, 0.05) is 0 Å². The van der Waals surface area contributed by atoms with Crippen molar-refractivity contribution in [3.63, 3.8) is 0 Å². The smallest absolute Gasteiger partial charge is 0.434 e. The van der Waals surface area contributed by atoms with Gasteiger partial charge in [0.1, 0.15) is 5.75 Å². The molecule has 2 aromatic rings. The molecule has 3 heteroatoms. The van der Waals surface area contributed by atoms with Crippen LogP contribution in [0.15, 0.2) is 54.6 Å². The SMILES string of the molecule is CCCc1ccccc1OC(=O)OCCCCc1ccccc1. The minimum Gasteiger partial charge on any atom is -0.434 e. The van der Waals surface area contributed by atoms with E-state index in [-0.39, 0.29) is 0 Å². The zero-order valence-corrected chi connectivity index (χ0v) is 13.7. The molecule has 0 heterocycles. The Hall–Kier alpha value is -2.29. The number of rotatable bonds is 8. The van der Waals surface area contributed by atoms with Crippen LogP contribution in [-0.4, -0.2) is 12.8 Å². The van der Waals surface area contributed by atoms with Gasteiger partial charge in [-0.15, -0.1) is 0 Å². The van der Waals surface area contributed by atoms with E-state index in [1.165, 1.54) is 5.56 Å². The zero-order valence-electron chi connectivity index (χ0n) is 13.7. The predicted octanol–water partition coefficient (Wildman–Crippen LogP) is 5.18. The normalized spacial score (nSPS) is 10.3. The van der Waals surface area contributed by atoms with E-state index in [4.69, 9.17) is 9.47 Å². The molecule has 0 fully saturated rings. The fraction of sp³-hybridized carbons (Fsp3) is 0.350. The molecule has 23 heavy (non-hydrogen) atoms. The first kappa shape index (κ1) is 17.1. The summed E-state index contributed by atoms with van der Waals surface area (Å²) < 4.78 is 10.5. The second-order valence-corrected chi connectivity index (χ2v) is 5.50. The molecule has 0 aliphatic rings. The van der Waals surface area contributed by atoms with Gasteiger partial charge in [0.15, 0.2) is 0 Å². The molecular formula is C20H24O3. The maximum Gasteiger partial charge on any atom is 0.513 e. The molecule has 0 aliphatic carbocycles. The van der Waals surface area contributed by atoms with E-state index in [2.05, 4.69) is 19.1 Å². The average Bonchev–Trinajstić information content (AvgIpc) is 2.57. The Labute approximate surface area is 138 Å². The van der Waals surface area contributed by atoms with Gasteiger partial charge in [0.05, 0.1) is 6.61 Å². The summed E-state index contributed by atoms with van der Waals surface area (Å²) in [6, 6.07) is 17.9. The van der Waals surface area contributed by atoms with Crippen LogP contribution >= 0.6 is 0 Å². The number of benzene rings is 2. The van der Waals surface area contributed by atoms with Crippen molar-refractivity contribution >= 4 is 6.16 Å². The Bertz CT molecular complexity index is 593. The lowest BCUT2D eigenvalue weighted by Crippen LogP contribution is -2.12. The van der Waals surface area contributed by atoms with Gasteiger partial charge >= 0.3 is 6.16 Å². The fourth-order valence-electron chi connectivity index (χ4n) is 2.43. The molecule has 0 amide bonds. The Morgan fingerprint density at radius 3 is 2.43 bits per heavy atom. The predicted molar refractivity (Wildman–Crippen MR) is 91.8 cm³/mol. The third kappa shape index (κ3) is 6.15. The number of unbranched alkanes of at least 4 members (excludes halogenated alkanes) is 1. The third-order valence-electron chi connectivity index (χ3n) is 3.61. The largest absolute Gasteiger partial charge is 0.513 e. The molecular weight excluding hydrogens is 288 g/mol. The Morgan fingerprint density at radius 1 is 0.913 bits per heavy atom. The van der Waals surface area contributed by atoms with Crippen LogP contribution in [-0.2, 0) is 17.6 Å². The molecule has 0 unspecified atom stereocenters. The maximum atomic E-state index is 11.8. The van der Waals surface area contributed by atoms with Gasteiger partial charge < -0.3 is 9.47 Å². The first-order chi connectivity index (χ1) is 11.3. The molecule has 2 rings (SSSR count). The van der Waals surface area contributed by atoms with Gasteiger partial charge in [-0.25, -0.2) is 4.79 Å². The van der Waals surface area contributed by atoms with Crippen molar-refractivity contribution < 1.29 is 14.3 Å². The second-order valence-electron chi connectivity index (χ2n) is 5.50. The number of carbonyl (C=O) groups excluding carboxylic acids is 1. The van der Waals surface area contributed by atoms with Crippen LogP contribution in [0.25, 0.3) is 0 Å². The van der Waals surface area contributed by atoms with E-state index in [0.29, 0.717) is 12.4 Å². The number of para-hydroxylation sites is 1. The molecule has 2 aromatic carbocycles. The maximum absolute atomic E-state index is 11.8. The lowest BCUT2D eigenvalue weighted by atomic mass is 10.1. The molecule has 0 saturated carbocycles. The van der Waals surface area contributed by atoms with Crippen molar-refractivity contribution in [2.75, 3.05) is 6.61 Å². The summed E-state index contributed by atoms with van der Waals surface area (Å²) in [5, 5.41) is 0. The summed E-state index contributed by atoms with van der Waals surface area (Å²) in [7, 11) is 0. The van der Waals surface area contributed by atoms with E-state index >= 15 is 0 Å². The van der Waals surface area contributed by atoms with Crippen molar-refractivity contribution in [1.82, 2.24) is 0 Å². The van der Waals surface area contributed by atoms with E-state index < -0.39 is 6.16 Å². The molecule has 0 spiro atoms. The number of hydrogen-bond donors (Lipinski definition) is 0. The Morgan fingerprint density at radius 2 is 1.65 bits per heavy atom. The number of hydrogen-bond acceptors (Lipinski definition) is 3. The van der Waals surface area contributed by atoms with Crippen molar-refractivity contribution in [3.05, 3.63) is 65.7 Å². The third-order valence-corrected chi connectivity index (χ3v) is 3.61. The Kier molecular flexibility index (Phi) is 7.18. The Balaban J connectivity index is 1.67. The quantitative estimate of drug-likeness (QED) is 0.383. The van der Waals surface area contributed by atoms with Gasteiger partial charge in [0.25, 0.3) is 0 Å². The van der Waals surface area contributed by atoms with Crippen LogP contribution in [0.4, 0.5) is 4.79 Å². The summed E-state index contributed by atoms with van der Waals surface area (Å²) >= 11 is 0. The van der Waals surface area contributed by atoms with Gasteiger partial charge in [-0.1, -0.05) is 61.9 Å². The van der Waals surface area contributed by atoms with Crippen LogP contribution in [0.5, 0.6) is 5.75 Å². The zero-order chi connectivity index (χ0) is 16.3. The van der Waals surface area contributed by atoms with E-state index in [1.54, 1.807) is 0 Å². The van der Waals surface area contributed by atoms with Crippen LogP contribution in [0.1, 0.15) is 37.3 Å². The monoisotopic (exact) mass is 312 g/mol. The fourth-order valence-corrected chi connectivity index (χ4v) is 2.43. The van der Waals surface area contributed by atoms with Gasteiger partial charge in [-0.3, -0.25) is 0 Å². The summed E-state index contributed by atoms with van der Waals surface area (Å²) in [4.78, 5) is 11.8. The van der Waals surface area contributed by atoms with Crippen LogP contribution in [0, 0.1) is 0 Å². The van der Waals surface area contributed by atoms with Crippen molar-refractivity contribution in [2.45, 2.75) is 39.0 Å². The van der Waals surface area contributed by atoms with Crippen molar-refractivity contribution in [1.29, 1.82) is 0 Å². The topological polar surface area (TPSA) is 35.5 Å². The molecule has 0 saturated heterocycles. The molecule has 122 valence electrons. The molecule has 0 aromatic heterocycles. The van der Waals surface area contributed by atoms with E-state index in [9.17, 15) is 4.79 Å². The highest BCUT2D eigenvalue weighted by Gasteiger charge is 2.09. The number of carbonyl (C=O) groups is 1. The molecule has 3 nitrogen and oxygen atoms in total. The summed E-state index contributed by atoms with van der Waals surface area (Å²) in [5.41, 5.74) is 2.35. The average molecular weight is 312 g/mol. The number of ether oxygens (including phenoxy) is 2. The summed E-state index contributed by atoms with van der Waals surface area (Å²) in [5.74, 6) is 0.601. The first-order valence-electron chi connectivity index (χ1n) is 8.26. The standard InChI is InChI=1S/C20H24O3/c1-2-10-18-14-6-7-15-19(18)23-20(21)22-16-9-8-13-17-11-4-3-5-12-17/h3-7,11-12,14-15H,2,8-10,13,16H2,1H3. The molecule has 0 aliphatic heterocycles. The minimum absolute atomic E-state index is 0.390. The minimum atomic E-state index is -0.617. The molecule has 0 atom stereocenters. The molecule has 0 N–H and O–H groups in total. The van der Waals surface area contributed by atoms with Gasteiger partial charge in [-0.2, -0.15) is 0 Å². The highest BCUT2D eigenvalue weighted by Crippen LogP contribution is 2.20. The van der Waals surface area contributed by atoms with E-state index in [1.807, 2.05) is 42.5 Å². The van der Waals surface area contributed by atoms with Gasteiger partial charge in [0.2, 0.25) is 0 Å². The second kappa shape index (κ2) is 9.67. The summed E-state index contributed by atoms with van der Waals surface area (Å²) in [6.45, 7) is 2.49. The van der Waals surface area contributed by atoms with E-state index in [0.717, 1.165) is 37.7 Å². The van der Waals surface area contributed by atoms with Crippen LogP contribution < -0.4 is 4.74 Å². The van der Waals surface area contributed by atoms with Gasteiger partial charge in [-0.05, 0) is 42.9 Å². The number of aryl methyl sites for hydroxylation is 2. The molecule has 0 radical (unpaired) electrons. The lowest BCUT2D eigenvalue weighted by Gasteiger charge is -2.09. The van der Waals surface area contributed by atoms with Crippen LogP contribution in [0.2, 0.25) is 0 Å². The highest BCUT2D eigenvalue weighted by atomic mass is 16.7. The highest BCUT2D eigenvalue weighted by molar-refractivity contribution is 5.64.